The van der Waals surface area contributed by atoms with Gasteiger partial charge in [-0.05, 0) is 10.6 Å². The molecule has 0 saturated carbocycles. The third-order valence-electron chi connectivity index (χ3n) is 1.89. The second-order valence-corrected chi connectivity index (χ2v) is 3.28. The number of nitro groups is 1. The Morgan fingerprint density at radius 1 is 1.67 bits per heavy atom. The molecule has 0 aliphatic rings. The lowest BCUT2D eigenvalue weighted by molar-refractivity contribution is -0.384. The summed E-state index contributed by atoms with van der Waals surface area (Å²) in [6.45, 7) is 3.57. The largest absolute Gasteiger partial charge is 0.320 e. The maximum absolute atomic E-state index is 10.8. The molecule has 0 bridgehead atoms. The molecule has 1 aromatic heterocycles. The second kappa shape index (κ2) is 3.97. The number of hydrogen-bond acceptors (Lipinski definition) is 4. The fraction of sp³-hybridized carbons (Fsp3) is 0.571. The van der Waals surface area contributed by atoms with Crippen LogP contribution in [0.1, 0.15) is 25.5 Å². The van der Waals surface area contributed by atoms with E-state index in [0.29, 0.717) is 5.69 Å². The molecule has 0 unspecified atom stereocenters. The molecule has 1 rings (SSSR count). The van der Waals surface area contributed by atoms with Crippen LogP contribution in [0.15, 0.2) is 5.11 Å². The van der Waals surface area contributed by atoms with Gasteiger partial charge >= 0.3 is 5.69 Å². The van der Waals surface area contributed by atoms with Gasteiger partial charge in [-0.3, -0.25) is 14.8 Å². The summed E-state index contributed by atoms with van der Waals surface area (Å²) in [7, 11) is 1.50. The molecule has 0 atom stereocenters. The van der Waals surface area contributed by atoms with Crippen LogP contribution in [0.2, 0.25) is 0 Å². The molecule has 80 valence electrons. The summed E-state index contributed by atoms with van der Waals surface area (Å²) < 4.78 is 1.22. The van der Waals surface area contributed by atoms with Gasteiger partial charge in [0, 0.05) is 17.9 Å². The van der Waals surface area contributed by atoms with Crippen molar-refractivity contribution in [2.24, 2.45) is 12.2 Å². The van der Waals surface area contributed by atoms with Gasteiger partial charge in [-0.15, -0.1) is 0 Å². The monoisotopic (exact) mass is 210 g/mol. The molecule has 8 nitrogen and oxygen atoms in total. The van der Waals surface area contributed by atoms with E-state index in [1.807, 2.05) is 0 Å². The van der Waals surface area contributed by atoms with Crippen molar-refractivity contribution in [3.05, 3.63) is 26.3 Å². The predicted molar refractivity (Wildman–Crippen MR) is 52.8 cm³/mol. The summed E-state index contributed by atoms with van der Waals surface area (Å²) in [5.41, 5.74) is 8.40. The molecule has 0 spiro atoms. The van der Waals surface area contributed by atoms with Crippen LogP contribution in [0.3, 0.4) is 0 Å². The lowest BCUT2D eigenvalue weighted by Gasteiger charge is -1.97. The summed E-state index contributed by atoms with van der Waals surface area (Å²) in [6, 6.07) is 0. The van der Waals surface area contributed by atoms with E-state index in [-0.39, 0.29) is 17.4 Å². The van der Waals surface area contributed by atoms with E-state index >= 15 is 0 Å². The van der Waals surface area contributed by atoms with Crippen LogP contribution in [-0.2, 0) is 7.05 Å². The first-order valence-electron chi connectivity index (χ1n) is 4.25. The minimum atomic E-state index is -0.577. The van der Waals surface area contributed by atoms with Crippen LogP contribution >= 0.6 is 0 Å². The van der Waals surface area contributed by atoms with Crippen molar-refractivity contribution in [3.63, 3.8) is 0 Å². The van der Waals surface area contributed by atoms with Gasteiger partial charge in [-0.25, -0.2) is 0 Å². The Labute approximate surface area is 85.3 Å². The highest BCUT2D eigenvalue weighted by Crippen LogP contribution is 2.34. The molecular weight excluding hydrogens is 200 g/mol. The highest BCUT2D eigenvalue weighted by Gasteiger charge is 2.27. The Kier molecular flexibility index (Phi) is 2.91. The summed E-state index contributed by atoms with van der Waals surface area (Å²) in [5.74, 6) is -0.162. The summed E-state index contributed by atoms with van der Waals surface area (Å²) >= 11 is 0. The van der Waals surface area contributed by atoms with Gasteiger partial charge in [0.05, 0.1) is 4.92 Å². The SMILES string of the molecule is CC(C)c1nn(C)c(N=[N+]=[N-])c1[N+](=O)[O-]. The van der Waals surface area contributed by atoms with Gasteiger partial charge in [0.2, 0.25) is 5.82 Å². The molecular formula is C7H10N6O2. The molecule has 15 heavy (non-hydrogen) atoms. The molecule has 0 N–H and O–H groups in total. The average molecular weight is 210 g/mol. The lowest BCUT2D eigenvalue weighted by atomic mass is 10.1. The average Bonchev–Trinajstić information content (AvgIpc) is 2.45. The molecule has 0 saturated heterocycles. The topological polar surface area (TPSA) is 110 Å². The van der Waals surface area contributed by atoms with E-state index in [2.05, 4.69) is 15.1 Å². The Bertz CT molecular complexity index is 443. The minimum absolute atomic E-state index is 0.0637. The number of nitrogens with zero attached hydrogens (tertiary/aromatic N) is 6. The molecule has 0 amide bonds. The van der Waals surface area contributed by atoms with E-state index in [9.17, 15) is 10.1 Å². The fourth-order valence-corrected chi connectivity index (χ4v) is 1.24. The van der Waals surface area contributed by atoms with Crippen LogP contribution in [0, 0.1) is 10.1 Å². The van der Waals surface area contributed by atoms with E-state index in [4.69, 9.17) is 5.53 Å². The zero-order valence-electron chi connectivity index (χ0n) is 8.58. The smallest absolute Gasteiger partial charge is 0.259 e. The van der Waals surface area contributed by atoms with Gasteiger partial charge in [-0.1, -0.05) is 13.8 Å². The normalized spacial score (nSPS) is 10.1. The number of rotatable bonds is 3. The van der Waals surface area contributed by atoms with Gasteiger partial charge in [0.25, 0.3) is 0 Å². The molecule has 8 heteroatoms. The Balaban J connectivity index is 3.50. The summed E-state index contributed by atoms with van der Waals surface area (Å²) in [6.07, 6.45) is 0. The van der Waals surface area contributed by atoms with Crippen molar-refractivity contribution in [1.29, 1.82) is 0 Å². The third-order valence-corrected chi connectivity index (χ3v) is 1.89. The van der Waals surface area contributed by atoms with Crippen LogP contribution < -0.4 is 0 Å². The summed E-state index contributed by atoms with van der Waals surface area (Å²) in [5, 5.41) is 18.0. The quantitative estimate of drug-likeness (QED) is 0.251. The van der Waals surface area contributed by atoms with E-state index in [0.717, 1.165) is 0 Å². The van der Waals surface area contributed by atoms with Gasteiger partial charge in [-0.2, -0.15) is 5.10 Å². The van der Waals surface area contributed by atoms with Crippen molar-refractivity contribution in [3.8, 4) is 0 Å². The Morgan fingerprint density at radius 3 is 2.67 bits per heavy atom. The fourth-order valence-electron chi connectivity index (χ4n) is 1.24. The van der Waals surface area contributed by atoms with Crippen molar-refractivity contribution in [2.45, 2.75) is 19.8 Å². The lowest BCUT2D eigenvalue weighted by Crippen LogP contribution is -1.95. The second-order valence-electron chi connectivity index (χ2n) is 3.28. The Hall–Kier alpha value is -2.08. The van der Waals surface area contributed by atoms with Crippen molar-refractivity contribution < 1.29 is 4.92 Å². The van der Waals surface area contributed by atoms with Gasteiger partial charge in [0.1, 0.15) is 5.69 Å². The molecule has 0 aliphatic heterocycles. The molecule has 0 aromatic carbocycles. The highest BCUT2D eigenvalue weighted by molar-refractivity contribution is 5.56. The van der Waals surface area contributed by atoms with E-state index < -0.39 is 4.92 Å². The maximum Gasteiger partial charge on any atom is 0.320 e. The zero-order valence-corrected chi connectivity index (χ0v) is 8.58. The molecule has 0 fully saturated rings. The molecule has 0 radical (unpaired) electrons. The first kappa shape index (κ1) is 11.0. The van der Waals surface area contributed by atoms with Crippen molar-refractivity contribution in [1.82, 2.24) is 9.78 Å². The highest BCUT2D eigenvalue weighted by atomic mass is 16.6. The predicted octanol–water partition coefficient (Wildman–Crippen LogP) is 2.39. The summed E-state index contributed by atoms with van der Waals surface area (Å²) in [4.78, 5) is 12.8. The van der Waals surface area contributed by atoms with Crippen LogP contribution in [0.5, 0.6) is 0 Å². The first-order chi connectivity index (χ1) is 6.99. The number of hydrogen-bond donors (Lipinski definition) is 0. The maximum atomic E-state index is 10.8. The van der Waals surface area contributed by atoms with Crippen molar-refractivity contribution in [2.75, 3.05) is 0 Å². The van der Waals surface area contributed by atoms with E-state index in [1.165, 1.54) is 11.7 Å². The third kappa shape index (κ3) is 1.89. The standard InChI is InChI=1S/C7H10N6O2/c1-4(2)5-6(13(14)15)7(9-11-8)12(3)10-5/h4H,1-3H3. The molecule has 1 heterocycles. The van der Waals surface area contributed by atoms with Gasteiger partial charge < -0.3 is 0 Å². The molecule has 1 aromatic rings. The molecule has 0 aliphatic carbocycles. The zero-order chi connectivity index (χ0) is 11.6. The van der Waals surface area contributed by atoms with Crippen LogP contribution in [0.25, 0.3) is 10.4 Å². The number of aromatic nitrogens is 2. The first-order valence-corrected chi connectivity index (χ1v) is 4.25. The number of aryl methyl sites for hydroxylation is 1. The Morgan fingerprint density at radius 2 is 2.27 bits per heavy atom. The van der Waals surface area contributed by atoms with Gasteiger partial charge in [0.15, 0.2) is 0 Å². The number of azide groups is 1. The van der Waals surface area contributed by atoms with Crippen molar-refractivity contribution >= 4 is 11.5 Å². The minimum Gasteiger partial charge on any atom is -0.259 e. The van der Waals surface area contributed by atoms with Crippen LogP contribution in [0.4, 0.5) is 11.5 Å². The van der Waals surface area contributed by atoms with E-state index in [1.54, 1.807) is 13.8 Å². The van der Waals surface area contributed by atoms with Crippen LogP contribution in [-0.4, -0.2) is 14.7 Å².